The van der Waals surface area contributed by atoms with Crippen molar-refractivity contribution in [2.45, 2.75) is 121 Å². The lowest BCUT2D eigenvalue weighted by Crippen LogP contribution is -2.59. The van der Waals surface area contributed by atoms with Gasteiger partial charge in [0.05, 0.1) is 32.5 Å². The molecule has 0 radical (unpaired) electrons. The monoisotopic (exact) mass is 616 g/mol. The second-order valence-corrected chi connectivity index (χ2v) is 13.5. The second kappa shape index (κ2) is 14.2. The molecular weight excluding hydrogens is 564 g/mol. The van der Waals surface area contributed by atoms with Crippen LogP contribution in [0.3, 0.4) is 0 Å². The van der Waals surface area contributed by atoms with Crippen molar-refractivity contribution in [3.05, 3.63) is 23.8 Å². The summed E-state index contributed by atoms with van der Waals surface area (Å²) in [5.74, 6) is 0.455. The number of ether oxygens (including phenoxy) is 4. The highest BCUT2D eigenvalue weighted by atomic mass is 16.7. The molecular formula is C31H52O12. The van der Waals surface area contributed by atoms with Crippen LogP contribution >= 0.6 is 0 Å². The summed E-state index contributed by atoms with van der Waals surface area (Å²) in [6.07, 6.45) is -5.69. The normalized spacial score (nSPS) is 47.5. The van der Waals surface area contributed by atoms with Crippen molar-refractivity contribution in [3.8, 4) is 0 Å². The average Bonchev–Trinajstić information content (AvgIpc) is 3.26. The SMILES string of the molecule is C=C1CCC2C(C)(CO)C(O)CCC2(C)C1CCC(C)=CCOC1OC(COC2OC(CO)C(O)C2O)C(O)C(O)C1O. The van der Waals surface area contributed by atoms with Gasteiger partial charge in [-0.2, -0.15) is 0 Å². The number of aliphatic hydroxyl groups excluding tert-OH is 8. The Labute approximate surface area is 253 Å². The van der Waals surface area contributed by atoms with Crippen LogP contribution in [-0.2, 0) is 18.9 Å². The summed E-state index contributed by atoms with van der Waals surface area (Å²) < 4.78 is 22.1. The third-order valence-electron chi connectivity index (χ3n) is 10.8. The Hall–Kier alpha value is -1.00. The molecule has 2 aliphatic heterocycles. The van der Waals surface area contributed by atoms with Crippen molar-refractivity contribution in [3.63, 3.8) is 0 Å². The first-order valence-corrected chi connectivity index (χ1v) is 15.5. The molecule has 0 bridgehead atoms. The van der Waals surface area contributed by atoms with Crippen LogP contribution in [0.5, 0.6) is 0 Å². The molecule has 2 saturated carbocycles. The van der Waals surface area contributed by atoms with Gasteiger partial charge in [0, 0.05) is 5.41 Å². The molecule has 4 rings (SSSR count). The van der Waals surface area contributed by atoms with Gasteiger partial charge in [0.1, 0.15) is 42.7 Å². The van der Waals surface area contributed by atoms with Crippen LogP contribution < -0.4 is 0 Å². The minimum atomic E-state index is -1.58. The van der Waals surface area contributed by atoms with Gasteiger partial charge in [0.25, 0.3) is 0 Å². The molecule has 12 heteroatoms. The van der Waals surface area contributed by atoms with Gasteiger partial charge >= 0.3 is 0 Å². The van der Waals surface area contributed by atoms with Crippen LogP contribution in [0.25, 0.3) is 0 Å². The van der Waals surface area contributed by atoms with Crippen LogP contribution in [-0.4, -0.2) is 129 Å². The Morgan fingerprint density at radius 1 is 0.907 bits per heavy atom. The summed E-state index contributed by atoms with van der Waals surface area (Å²) in [6, 6.07) is 0. The van der Waals surface area contributed by atoms with E-state index in [4.69, 9.17) is 18.9 Å². The Morgan fingerprint density at radius 3 is 2.19 bits per heavy atom. The fourth-order valence-corrected chi connectivity index (χ4v) is 7.88. The molecule has 2 saturated heterocycles. The first-order valence-electron chi connectivity index (χ1n) is 15.5. The Morgan fingerprint density at radius 2 is 1.53 bits per heavy atom. The van der Waals surface area contributed by atoms with Gasteiger partial charge in [-0.15, -0.1) is 0 Å². The minimum absolute atomic E-state index is 0.0404. The molecule has 0 amide bonds. The predicted octanol–water partition coefficient (Wildman–Crippen LogP) is -0.265. The maximum atomic E-state index is 10.7. The van der Waals surface area contributed by atoms with Crippen molar-refractivity contribution in [2.24, 2.45) is 22.7 Å². The van der Waals surface area contributed by atoms with E-state index in [2.05, 4.69) is 13.5 Å². The van der Waals surface area contributed by atoms with E-state index < -0.39 is 73.4 Å². The number of aliphatic hydroxyl groups is 8. The molecule has 43 heavy (non-hydrogen) atoms. The van der Waals surface area contributed by atoms with Crippen molar-refractivity contribution in [1.29, 1.82) is 0 Å². The molecule has 14 unspecified atom stereocenters. The van der Waals surface area contributed by atoms with E-state index in [1.165, 1.54) is 5.57 Å². The summed E-state index contributed by atoms with van der Waals surface area (Å²) in [5, 5.41) is 81.4. The zero-order valence-electron chi connectivity index (χ0n) is 25.5. The molecule has 2 heterocycles. The zero-order chi connectivity index (χ0) is 31.7. The quantitative estimate of drug-likeness (QED) is 0.142. The summed E-state index contributed by atoms with van der Waals surface area (Å²) in [4.78, 5) is 0. The van der Waals surface area contributed by atoms with Gasteiger partial charge in [0.15, 0.2) is 12.6 Å². The largest absolute Gasteiger partial charge is 0.396 e. The molecule has 4 fully saturated rings. The first kappa shape index (κ1) is 34.9. The molecule has 248 valence electrons. The predicted molar refractivity (Wildman–Crippen MR) is 153 cm³/mol. The van der Waals surface area contributed by atoms with Gasteiger partial charge in [0.2, 0.25) is 0 Å². The number of rotatable bonds is 11. The van der Waals surface area contributed by atoms with Gasteiger partial charge in [-0.1, -0.05) is 37.6 Å². The van der Waals surface area contributed by atoms with E-state index in [9.17, 15) is 40.9 Å². The van der Waals surface area contributed by atoms with Gasteiger partial charge in [-0.3, -0.25) is 0 Å². The van der Waals surface area contributed by atoms with Crippen molar-refractivity contribution in [2.75, 3.05) is 26.4 Å². The van der Waals surface area contributed by atoms with E-state index >= 15 is 0 Å². The number of hydrogen-bond donors (Lipinski definition) is 8. The number of allylic oxidation sites excluding steroid dienone is 2. The number of hydrogen-bond acceptors (Lipinski definition) is 12. The molecule has 14 atom stereocenters. The molecule has 2 aliphatic carbocycles. The summed E-state index contributed by atoms with van der Waals surface area (Å²) in [7, 11) is 0. The van der Waals surface area contributed by atoms with E-state index in [0.29, 0.717) is 6.42 Å². The summed E-state index contributed by atoms with van der Waals surface area (Å²) in [5.41, 5.74) is 1.69. The van der Waals surface area contributed by atoms with Gasteiger partial charge < -0.3 is 59.8 Å². The second-order valence-electron chi connectivity index (χ2n) is 13.5. The average molecular weight is 617 g/mol. The molecule has 8 N–H and O–H groups in total. The highest BCUT2D eigenvalue weighted by molar-refractivity contribution is 5.18. The van der Waals surface area contributed by atoms with Crippen LogP contribution in [0.15, 0.2) is 23.8 Å². The smallest absolute Gasteiger partial charge is 0.187 e. The van der Waals surface area contributed by atoms with Gasteiger partial charge in [-0.25, -0.2) is 0 Å². The molecule has 4 aliphatic rings. The Balaban J connectivity index is 1.30. The lowest BCUT2D eigenvalue weighted by Gasteiger charge is -2.60. The van der Waals surface area contributed by atoms with Crippen molar-refractivity contribution >= 4 is 0 Å². The molecule has 0 aromatic carbocycles. The summed E-state index contributed by atoms with van der Waals surface area (Å²) in [6.45, 7) is 9.86. The van der Waals surface area contributed by atoms with Crippen LogP contribution in [0, 0.1) is 22.7 Å². The van der Waals surface area contributed by atoms with Crippen LogP contribution in [0.2, 0.25) is 0 Å². The topological polar surface area (TPSA) is 199 Å². The lowest BCUT2D eigenvalue weighted by atomic mass is 9.46. The zero-order valence-corrected chi connectivity index (χ0v) is 25.5. The Bertz CT molecular complexity index is 976. The summed E-state index contributed by atoms with van der Waals surface area (Å²) >= 11 is 0. The van der Waals surface area contributed by atoms with Crippen molar-refractivity contribution in [1.82, 2.24) is 0 Å². The van der Waals surface area contributed by atoms with E-state index in [1.54, 1.807) is 0 Å². The number of fused-ring (bicyclic) bond motifs is 1. The third-order valence-corrected chi connectivity index (χ3v) is 10.8. The minimum Gasteiger partial charge on any atom is -0.396 e. The lowest BCUT2D eigenvalue weighted by molar-refractivity contribution is -0.308. The fourth-order valence-electron chi connectivity index (χ4n) is 7.88. The highest BCUT2D eigenvalue weighted by Crippen LogP contribution is 2.61. The van der Waals surface area contributed by atoms with Crippen LogP contribution in [0.1, 0.15) is 59.3 Å². The van der Waals surface area contributed by atoms with E-state index in [1.807, 2.05) is 19.9 Å². The first-order chi connectivity index (χ1) is 20.3. The van der Waals surface area contributed by atoms with Crippen LogP contribution in [0.4, 0.5) is 0 Å². The third kappa shape index (κ3) is 6.91. The van der Waals surface area contributed by atoms with Crippen molar-refractivity contribution < 1.29 is 59.8 Å². The van der Waals surface area contributed by atoms with Gasteiger partial charge in [-0.05, 0) is 62.7 Å². The maximum Gasteiger partial charge on any atom is 0.187 e. The van der Waals surface area contributed by atoms with E-state index in [0.717, 1.165) is 37.7 Å². The fraction of sp³-hybridized carbons (Fsp3) is 0.871. The molecule has 0 aromatic rings. The molecule has 12 nitrogen and oxygen atoms in total. The highest BCUT2D eigenvalue weighted by Gasteiger charge is 2.57. The molecule has 0 aromatic heterocycles. The maximum absolute atomic E-state index is 10.7. The standard InChI is InChI=1S/C31H52O12/c1-16(5-7-18-17(2)6-8-21-30(18,3)11-9-22(34)31(21,4)15-33)10-12-40-28-27(39)25(37)24(36)20(43-28)14-41-29-26(38)23(35)19(13-32)42-29/h10,18-29,32-39H,2,5-9,11-15H2,1,3-4H3. The molecule has 0 spiro atoms. The van der Waals surface area contributed by atoms with E-state index in [-0.39, 0.29) is 37.1 Å². The Kier molecular flexibility index (Phi) is 11.5.